The molecule has 14 nitrogen and oxygen atoms in total. The molecule has 2 heterocycles. The Morgan fingerprint density at radius 3 is 1.75 bits per heavy atom. The summed E-state index contributed by atoms with van der Waals surface area (Å²) in [5, 5.41) is 11.5. The van der Waals surface area contributed by atoms with Crippen LogP contribution in [0, 0.1) is 12.3 Å². The number of thiocarbonyl (C=S) groups is 1. The van der Waals surface area contributed by atoms with Crippen LogP contribution in [0.5, 0.6) is 23.0 Å². The second-order valence-corrected chi connectivity index (χ2v) is 13.7. The molecule has 320 valence electrons. The summed E-state index contributed by atoms with van der Waals surface area (Å²) in [6.07, 6.45) is 5.20. The van der Waals surface area contributed by atoms with Gasteiger partial charge >= 0.3 is 0 Å². The molecule has 1 aromatic heterocycles. The van der Waals surface area contributed by atoms with Gasteiger partial charge in [0.15, 0.2) is 0 Å². The lowest BCUT2D eigenvalue weighted by Crippen LogP contribution is -2.20. The van der Waals surface area contributed by atoms with E-state index in [0.29, 0.717) is 115 Å². The zero-order valence-corrected chi connectivity index (χ0v) is 35.2. The maximum absolute atomic E-state index is 6.03. The molecule has 0 unspecified atom stereocenters. The summed E-state index contributed by atoms with van der Waals surface area (Å²) in [4.78, 5) is 6.19. The van der Waals surface area contributed by atoms with E-state index in [-0.39, 0.29) is 6.61 Å². The highest BCUT2D eigenvalue weighted by atomic mass is 32.1. The van der Waals surface area contributed by atoms with Gasteiger partial charge in [0, 0.05) is 48.6 Å². The zero-order chi connectivity index (χ0) is 42.3. The van der Waals surface area contributed by atoms with Crippen molar-refractivity contribution in [3.8, 4) is 57.9 Å². The summed E-state index contributed by atoms with van der Waals surface area (Å²) < 4.78 is 53.9. The fourth-order valence-electron chi connectivity index (χ4n) is 6.42. The monoisotopic (exact) mass is 849 g/mol. The largest absolute Gasteiger partial charge is 0.491 e. The Morgan fingerprint density at radius 1 is 0.623 bits per heavy atom. The molecule has 0 spiro atoms. The van der Waals surface area contributed by atoms with Gasteiger partial charge in [-0.15, -0.1) is 11.5 Å². The third-order valence-electron chi connectivity index (χ3n) is 9.21. The molecule has 0 radical (unpaired) electrons. The first-order valence-corrected chi connectivity index (χ1v) is 20.5. The van der Waals surface area contributed by atoms with Crippen molar-refractivity contribution in [2.45, 2.75) is 13.1 Å². The van der Waals surface area contributed by atoms with Gasteiger partial charge in [0.1, 0.15) is 61.7 Å². The molecule has 1 aliphatic heterocycles. The number of rotatable bonds is 27. The van der Waals surface area contributed by atoms with E-state index in [2.05, 4.69) is 93.0 Å². The Labute approximate surface area is 362 Å². The van der Waals surface area contributed by atoms with Gasteiger partial charge in [-0.3, -0.25) is 0 Å². The standard InChI is InChI=1S/C46H51N5O9S/c1-3-17-52-19-21-54-24-28-58-39-31-40(33-41(32-39)60-30-26-56-23-27-57-38-14-12-37(13-15-38)47-35-61)59-29-25-55-22-20-53-18-16-51-46-42-9-5-4-8-36(42)34-50(2)44-11-7-6-10-43(44)45(46)48-49-51/h1,4-15,31-33H,16-30,34H2,2H3. The first kappa shape index (κ1) is 44.7. The summed E-state index contributed by atoms with van der Waals surface area (Å²) >= 11 is 4.64. The van der Waals surface area contributed by atoms with Crippen LogP contribution in [0.1, 0.15) is 5.56 Å². The van der Waals surface area contributed by atoms with Crippen molar-refractivity contribution in [2.24, 2.45) is 4.99 Å². The van der Waals surface area contributed by atoms with E-state index >= 15 is 0 Å². The van der Waals surface area contributed by atoms with Crippen LogP contribution in [0.2, 0.25) is 0 Å². The van der Waals surface area contributed by atoms with E-state index < -0.39 is 0 Å². The van der Waals surface area contributed by atoms with E-state index in [1.165, 1.54) is 5.56 Å². The van der Waals surface area contributed by atoms with Crippen molar-refractivity contribution < 1.29 is 42.6 Å². The number of ether oxygens (including phenoxy) is 9. The normalized spacial score (nSPS) is 11.6. The minimum atomic E-state index is 0.255. The van der Waals surface area contributed by atoms with Gasteiger partial charge in [-0.25, -0.2) is 4.68 Å². The van der Waals surface area contributed by atoms with Gasteiger partial charge in [0.2, 0.25) is 0 Å². The van der Waals surface area contributed by atoms with Crippen molar-refractivity contribution in [2.75, 3.05) is 104 Å². The van der Waals surface area contributed by atoms with Crippen LogP contribution in [-0.4, -0.2) is 120 Å². The topological polar surface area (TPSA) is 129 Å². The number of nitrogens with zero attached hydrogens (tertiary/aromatic N) is 5. The Hall–Kier alpha value is -5.82. The summed E-state index contributed by atoms with van der Waals surface area (Å²) in [5.41, 5.74) is 7.11. The van der Waals surface area contributed by atoms with E-state index in [9.17, 15) is 0 Å². The summed E-state index contributed by atoms with van der Waals surface area (Å²) in [6, 6.07) is 29.4. The maximum Gasteiger partial charge on any atom is 0.126 e. The Balaban J connectivity index is 0.915. The summed E-state index contributed by atoms with van der Waals surface area (Å²) in [5.74, 6) is 4.86. The number of benzene rings is 4. The number of aliphatic imine (C=N–C) groups is 1. The molecule has 4 aromatic carbocycles. The molecule has 1 aliphatic rings. The molecule has 0 N–H and O–H groups in total. The number of aromatic nitrogens is 3. The van der Waals surface area contributed by atoms with Crippen LogP contribution >= 0.6 is 12.2 Å². The smallest absolute Gasteiger partial charge is 0.126 e. The van der Waals surface area contributed by atoms with Crippen LogP contribution in [-0.2, 0) is 36.8 Å². The molecule has 0 fully saturated rings. The first-order valence-electron chi connectivity index (χ1n) is 20.1. The Kier molecular flexibility index (Phi) is 18.4. The zero-order valence-electron chi connectivity index (χ0n) is 34.4. The van der Waals surface area contributed by atoms with E-state index in [0.717, 1.165) is 40.4 Å². The quantitative estimate of drug-likeness (QED) is 0.0235. The molecule has 0 saturated carbocycles. The molecule has 15 heteroatoms. The molecular formula is C46H51N5O9S. The van der Waals surface area contributed by atoms with Gasteiger partial charge in [-0.2, -0.15) is 4.99 Å². The van der Waals surface area contributed by atoms with Crippen LogP contribution in [0.4, 0.5) is 11.4 Å². The van der Waals surface area contributed by atoms with Crippen molar-refractivity contribution in [1.82, 2.24) is 15.0 Å². The Morgan fingerprint density at radius 2 is 1.15 bits per heavy atom. The van der Waals surface area contributed by atoms with Crippen molar-refractivity contribution >= 4 is 28.8 Å². The highest BCUT2D eigenvalue weighted by molar-refractivity contribution is 7.78. The van der Waals surface area contributed by atoms with Crippen molar-refractivity contribution in [3.63, 3.8) is 0 Å². The average Bonchev–Trinajstić information content (AvgIpc) is 3.69. The highest BCUT2D eigenvalue weighted by Gasteiger charge is 2.25. The number of fused-ring (bicyclic) bond motifs is 5. The van der Waals surface area contributed by atoms with E-state index in [1.54, 1.807) is 30.3 Å². The van der Waals surface area contributed by atoms with E-state index in [1.807, 2.05) is 22.9 Å². The fraction of sp³-hybridized carbons (Fsp3) is 0.370. The second kappa shape index (κ2) is 25.1. The molecule has 0 bridgehead atoms. The minimum absolute atomic E-state index is 0.255. The minimum Gasteiger partial charge on any atom is -0.491 e. The number of hydrogen-bond acceptors (Lipinski definition) is 14. The number of terminal acetylenes is 1. The molecule has 0 amide bonds. The molecule has 61 heavy (non-hydrogen) atoms. The van der Waals surface area contributed by atoms with E-state index in [4.69, 9.17) is 49.1 Å². The molecule has 0 saturated heterocycles. The van der Waals surface area contributed by atoms with Crippen LogP contribution in [0.15, 0.2) is 96.0 Å². The Bertz CT molecular complexity index is 2190. The average molecular weight is 850 g/mol. The third kappa shape index (κ3) is 14.1. The maximum atomic E-state index is 6.03. The predicted octanol–water partition coefficient (Wildman–Crippen LogP) is 6.93. The number of isothiocyanates is 1. The first-order chi connectivity index (χ1) is 30.1. The lowest BCUT2D eigenvalue weighted by molar-refractivity contribution is 0.0332. The van der Waals surface area contributed by atoms with Gasteiger partial charge in [-0.05, 0) is 48.1 Å². The summed E-state index contributed by atoms with van der Waals surface area (Å²) in [6.45, 7) is 6.54. The van der Waals surface area contributed by atoms with Gasteiger partial charge in [0.25, 0.3) is 0 Å². The number of anilines is 1. The fourth-order valence-corrected chi connectivity index (χ4v) is 6.52. The number of hydrogen-bond donors (Lipinski definition) is 0. The summed E-state index contributed by atoms with van der Waals surface area (Å²) in [7, 11) is 2.11. The highest BCUT2D eigenvalue weighted by Crippen LogP contribution is 2.40. The van der Waals surface area contributed by atoms with Crippen LogP contribution < -0.4 is 23.8 Å². The third-order valence-corrected chi connectivity index (χ3v) is 9.30. The van der Waals surface area contributed by atoms with Crippen LogP contribution in [0.25, 0.3) is 22.5 Å². The second-order valence-electron chi connectivity index (χ2n) is 13.5. The molecule has 0 atom stereocenters. The van der Waals surface area contributed by atoms with Gasteiger partial charge in [0.05, 0.1) is 82.5 Å². The number of para-hydroxylation sites is 1. The van der Waals surface area contributed by atoms with Gasteiger partial charge < -0.3 is 47.5 Å². The lowest BCUT2D eigenvalue weighted by atomic mass is 9.96. The van der Waals surface area contributed by atoms with Crippen molar-refractivity contribution in [1.29, 1.82) is 0 Å². The van der Waals surface area contributed by atoms with Crippen molar-refractivity contribution in [3.05, 3.63) is 96.6 Å². The molecule has 6 rings (SSSR count). The van der Waals surface area contributed by atoms with Crippen LogP contribution in [0.3, 0.4) is 0 Å². The molecule has 0 aliphatic carbocycles. The molecule has 5 aromatic rings. The van der Waals surface area contributed by atoms with Gasteiger partial charge in [-0.1, -0.05) is 53.6 Å². The molecular weight excluding hydrogens is 799 g/mol. The SMILES string of the molecule is C#CCOCCOCCOc1cc(OCCOCCOCCn2nnc3c2-c2ccccc2CN(C)c2ccccc2-3)cc(OCCOCCOc2ccc(N=C=S)cc2)c1. The lowest BCUT2D eigenvalue weighted by Gasteiger charge is -2.26. The predicted molar refractivity (Wildman–Crippen MR) is 235 cm³/mol.